The number of nitrogens with zero attached hydrogens (tertiary/aromatic N) is 3. The minimum atomic E-state index is 0.568. The molecule has 1 aliphatic rings. The van der Waals surface area contributed by atoms with Crippen molar-refractivity contribution in [3.05, 3.63) is 28.9 Å². The summed E-state index contributed by atoms with van der Waals surface area (Å²) < 4.78 is 0. The summed E-state index contributed by atoms with van der Waals surface area (Å²) in [4.78, 5) is 4.73. The number of aromatic nitrogens is 3. The lowest BCUT2D eigenvalue weighted by atomic mass is 9.94. The maximum atomic E-state index is 4.73. The van der Waals surface area contributed by atoms with Crippen LogP contribution in [0.2, 0.25) is 0 Å². The average molecular weight is 289 g/mol. The number of hydrogen-bond donors (Lipinski definition) is 2. The molecule has 2 aromatic heterocycles. The van der Waals surface area contributed by atoms with Gasteiger partial charge in [0.05, 0.1) is 0 Å². The topological polar surface area (TPSA) is 62.7 Å². The van der Waals surface area contributed by atoms with E-state index in [9.17, 15) is 0 Å². The molecular formula is C14H19N5S. The quantitative estimate of drug-likeness (QED) is 0.906. The van der Waals surface area contributed by atoms with E-state index in [0.717, 1.165) is 48.3 Å². The molecular weight excluding hydrogens is 270 g/mol. The third-order valence-electron chi connectivity index (χ3n) is 3.53. The largest absolute Gasteiger partial charge is 0.317 e. The predicted octanol–water partition coefficient (Wildman–Crippen LogP) is 2.71. The van der Waals surface area contributed by atoms with Crippen molar-refractivity contribution in [2.75, 3.05) is 18.4 Å². The number of pyridine rings is 1. The fourth-order valence-corrected chi connectivity index (χ4v) is 3.11. The Morgan fingerprint density at radius 3 is 2.90 bits per heavy atom. The molecule has 0 aromatic carbocycles. The second-order valence-electron chi connectivity index (χ2n) is 4.95. The summed E-state index contributed by atoms with van der Waals surface area (Å²) in [6.45, 7) is 4.25. The average Bonchev–Trinajstić information content (AvgIpc) is 2.96. The van der Waals surface area contributed by atoms with E-state index in [1.807, 2.05) is 6.07 Å². The summed E-state index contributed by atoms with van der Waals surface area (Å²) >= 11 is 1.59. The van der Waals surface area contributed by atoms with Crippen molar-refractivity contribution in [1.29, 1.82) is 0 Å². The first kappa shape index (κ1) is 13.5. The molecule has 0 radical (unpaired) electrons. The van der Waals surface area contributed by atoms with Crippen molar-refractivity contribution >= 4 is 22.3 Å². The highest BCUT2D eigenvalue weighted by Crippen LogP contribution is 2.26. The lowest BCUT2D eigenvalue weighted by molar-refractivity contribution is 0.453. The van der Waals surface area contributed by atoms with Gasteiger partial charge in [-0.3, -0.25) is 0 Å². The van der Waals surface area contributed by atoms with Crippen LogP contribution in [0.5, 0.6) is 0 Å². The fourth-order valence-electron chi connectivity index (χ4n) is 2.42. The van der Waals surface area contributed by atoms with Crippen LogP contribution in [0, 0.1) is 0 Å². The molecule has 0 spiro atoms. The fraction of sp³-hybridized carbons (Fsp3) is 0.500. The van der Waals surface area contributed by atoms with Crippen LogP contribution >= 0.6 is 11.3 Å². The molecule has 0 amide bonds. The third-order valence-corrected chi connectivity index (χ3v) is 4.52. The molecule has 20 heavy (non-hydrogen) atoms. The second kappa shape index (κ2) is 6.28. The maximum absolute atomic E-state index is 4.73. The van der Waals surface area contributed by atoms with Crippen LogP contribution in [0.4, 0.5) is 10.9 Å². The van der Waals surface area contributed by atoms with E-state index in [1.54, 1.807) is 11.3 Å². The molecule has 0 bridgehead atoms. The molecule has 0 saturated carbocycles. The van der Waals surface area contributed by atoms with Gasteiger partial charge in [0, 0.05) is 11.6 Å². The Balaban J connectivity index is 1.73. The van der Waals surface area contributed by atoms with Crippen LogP contribution < -0.4 is 10.6 Å². The highest BCUT2D eigenvalue weighted by Gasteiger charge is 2.16. The van der Waals surface area contributed by atoms with Crippen LogP contribution in [-0.4, -0.2) is 28.3 Å². The van der Waals surface area contributed by atoms with E-state index in [4.69, 9.17) is 4.98 Å². The van der Waals surface area contributed by atoms with Gasteiger partial charge < -0.3 is 10.6 Å². The van der Waals surface area contributed by atoms with E-state index in [0.29, 0.717) is 5.92 Å². The molecule has 106 valence electrons. The maximum Gasteiger partial charge on any atom is 0.211 e. The van der Waals surface area contributed by atoms with Gasteiger partial charge in [0.15, 0.2) is 0 Å². The van der Waals surface area contributed by atoms with Gasteiger partial charge in [0.25, 0.3) is 0 Å². The standard InChI is InChI=1S/C14H19N5S/c1-2-13-18-19-14(20-13)17-12-5-3-4-11(16-12)10-6-8-15-9-7-10/h3-5,10,15H,2,6-9H2,1H3,(H,16,17,19). The number of aryl methyl sites for hydroxylation is 1. The van der Waals surface area contributed by atoms with Crippen LogP contribution in [-0.2, 0) is 6.42 Å². The highest BCUT2D eigenvalue weighted by molar-refractivity contribution is 7.15. The van der Waals surface area contributed by atoms with E-state index < -0.39 is 0 Å². The molecule has 3 rings (SSSR count). The summed E-state index contributed by atoms with van der Waals surface area (Å²) in [7, 11) is 0. The number of anilines is 2. The van der Waals surface area contributed by atoms with Crippen molar-refractivity contribution < 1.29 is 0 Å². The van der Waals surface area contributed by atoms with Gasteiger partial charge in [-0.25, -0.2) is 4.98 Å². The molecule has 0 unspecified atom stereocenters. The zero-order valence-electron chi connectivity index (χ0n) is 11.6. The first-order valence-corrected chi connectivity index (χ1v) is 7.94. The van der Waals surface area contributed by atoms with E-state index in [2.05, 4.69) is 39.9 Å². The first-order chi connectivity index (χ1) is 9.85. The molecule has 1 fully saturated rings. The van der Waals surface area contributed by atoms with Crippen molar-refractivity contribution in [3.63, 3.8) is 0 Å². The third kappa shape index (κ3) is 3.13. The SMILES string of the molecule is CCc1nnc(Nc2cccc(C3CCNCC3)n2)s1. The summed E-state index contributed by atoms with van der Waals surface area (Å²) in [5, 5.41) is 16.7. The lowest BCUT2D eigenvalue weighted by Crippen LogP contribution is -2.27. The molecule has 3 heterocycles. The summed E-state index contributed by atoms with van der Waals surface area (Å²) in [5.74, 6) is 1.43. The zero-order valence-corrected chi connectivity index (χ0v) is 12.4. The van der Waals surface area contributed by atoms with Crippen LogP contribution in [0.1, 0.15) is 36.4 Å². The molecule has 0 atom stereocenters. The Bertz CT molecular complexity index is 562. The van der Waals surface area contributed by atoms with Gasteiger partial charge in [0.2, 0.25) is 5.13 Å². The van der Waals surface area contributed by atoms with Crippen LogP contribution in [0.25, 0.3) is 0 Å². The van der Waals surface area contributed by atoms with E-state index >= 15 is 0 Å². The number of rotatable bonds is 4. The Hall–Kier alpha value is -1.53. The van der Waals surface area contributed by atoms with Crippen molar-refractivity contribution in [2.45, 2.75) is 32.1 Å². The number of nitrogens with one attached hydrogen (secondary N) is 2. The molecule has 6 heteroatoms. The van der Waals surface area contributed by atoms with E-state index in [1.165, 1.54) is 5.69 Å². The number of hydrogen-bond acceptors (Lipinski definition) is 6. The van der Waals surface area contributed by atoms with Gasteiger partial charge in [-0.05, 0) is 44.5 Å². The molecule has 2 N–H and O–H groups in total. The summed E-state index contributed by atoms with van der Waals surface area (Å²) in [6, 6.07) is 6.17. The van der Waals surface area contributed by atoms with Crippen molar-refractivity contribution in [2.24, 2.45) is 0 Å². The minimum absolute atomic E-state index is 0.568. The zero-order chi connectivity index (χ0) is 13.8. The normalized spacial score (nSPS) is 16.2. The smallest absolute Gasteiger partial charge is 0.211 e. The summed E-state index contributed by atoms with van der Waals surface area (Å²) in [5.41, 5.74) is 1.18. The van der Waals surface area contributed by atoms with Crippen LogP contribution in [0.3, 0.4) is 0 Å². The predicted molar refractivity (Wildman–Crippen MR) is 81.7 cm³/mol. The van der Waals surface area contributed by atoms with Crippen molar-refractivity contribution in [1.82, 2.24) is 20.5 Å². The van der Waals surface area contributed by atoms with Gasteiger partial charge in [-0.15, -0.1) is 10.2 Å². The van der Waals surface area contributed by atoms with Gasteiger partial charge in [0.1, 0.15) is 10.8 Å². The monoisotopic (exact) mass is 289 g/mol. The highest BCUT2D eigenvalue weighted by atomic mass is 32.1. The Kier molecular flexibility index (Phi) is 4.22. The molecule has 1 aliphatic heterocycles. The minimum Gasteiger partial charge on any atom is -0.317 e. The Morgan fingerprint density at radius 1 is 1.30 bits per heavy atom. The van der Waals surface area contributed by atoms with Gasteiger partial charge >= 0.3 is 0 Å². The second-order valence-corrected chi connectivity index (χ2v) is 6.01. The van der Waals surface area contributed by atoms with E-state index in [-0.39, 0.29) is 0 Å². The molecule has 0 aliphatic carbocycles. The van der Waals surface area contributed by atoms with Crippen molar-refractivity contribution in [3.8, 4) is 0 Å². The molecule has 5 nitrogen and oxygen atoms in total. The molecule has 1 saturated heterocycles. The van der Waals surface area contributed by atoms with Gasteiger partial charge in [-0.1, -0.05) is 24.3 Å². The Labute approximate surface area is 122 Å². The van der Waals surface area contributed by atoms with Gasteiger partial charge in [-0.2, -0.15) is 0 Å². The molecule has 2 aromatic rings. The summed E-state index contributed by atoms with van der Waals surface area (Å²) in [6.07, 6.45) is 3.24. The Morgan fingerprint density at radius 2 is 2.15 bits per heavy atom. The lowest BCUT2D eigenvalue weighted by Gasteiger charge is -2.22. The number of piperidine rings is 1. The first-order valence-electron chi connectivity index (χ1n) is 7.12. The van der Waals surface area contributed by atoms with Crippen LogP contribution in [0.15, 0.2) is 18.2 Å².